The lowest BCUT2D eigenvalue weighted by molar-refractivity contribution is 0.202. The summed E-state index contributed by atoms with van der Waals surface area (Å²) >= 11 is 0. The average Bonchev–Trinajstić information content (AvgIpc) is 2.43. The van der Waals surface area contributed by atoms with Crippen molar-refractivity contribution in [1.29, 1.82) is 0 Å². The summed E-state index contributed by atoms with van der Waals surface area (Å²) in [6.45, 7) is 1.86. The van der Waals surface area contributed by atoms with E-state index in [9.17, 15) is 9.59 Å². The maximum Gasteiger partial charge on any atom is 0.417 e. The van der Waals surface area contributed by atoms with Gasteiger partial charge in [-0.15, -0.1) is 0 Å². The summed E-state index contributed by atoms with van der Waals surface area (Å²) < 4.78 is 9.88. The molecule has 2 aromatic rings. The molecule has 0 bridgehead atoms. The Balaban J connectivity index is 2.10. The van der Waals surface area contributed by atoms with Crippen LogP contribution >= 0.6 is 0 Å². The van der Waals surface area contributed by atoms with Crippen LogP contribution in [0.2, 0.25) is 0 Å². The number of hydrogen-bond acceptors (Lipinski definition) is 4. The van der Waals surface area contributed by atoms with Gasteiger partial charge in [0.25, 0.3) is 0 Å². The Kier molecular flexibility index (Phi) is 4.40. The molecule has 2 amide bonds. The summed E-state index contributed by atoms with van der Waals surface area (Å²) in [5.74, 6) is 0.173. The van der Waals surface area contributed by atoms with Gasteiger partial charge in [-0.2, -0.15) is 0 Å². The summed E-state index contributed by atoms with van der Waals surface area (Å²) in [5, 5.41) is 2.61. The van der Waals surface area contributed by atoms with Crippen molar-refractivity contribution < 1.29 is 19.1 Å². The first kappa shape index (κ1) is 14.4. The third kappa shape index (κ3) is 3.97. The van der Waals surface area contributed by atoms with Crippen LogP contribution in [0.5, 0.6) is 11.5 Å². The van der Waals surface area contributed by atoms with Crippen molar-refractivity contribution in [3.8, 4) is 11.5 Å². The number of ether oxygens (including phenoxy) is 2. The molecule has 0 heterocycles. The van der Waals surface area contributed by atoms with Crippen LogP contribution in [0.25, 0.3) is 0 Å². The molecule has 0 aliphatic rings. The lowest BCUT2D eigenvalue weighted by atomic mass is 10.2. The number of nitrogens with one attached hydrogen (secondary N) is 1. The van der Waals surface area contributed by atoms with Gasteiger partial charge in [0.2, 0.25) is 0 Å². The molecular weight excluding hydrogens is 272 g/mol. The number of aryl methyl sites for hydroxylation is 1. The van der Waals surface area contributed by atoms with E-state index in [4.69, 9.17) is 15.2 Å². The van der Waals surface area contributed by atoms with Crippen molar-refractivity contribution >= 4 is 17.9 Å². The lowest BCUT2D eigenvalue weighted by Crippen LogP contribution is -2.20. The van der Waals surface area contributed by atoms with E-state index in [1.807, 2.05) is 19.1 Å². The van der Waals surface area contributed by atoms with Crippen molar-refractivity contribution in [2.24, 2.45) is 5.73 Å². The van der Waals surface area contributed by atoms with E-state index in [1.54, 1.807) is 24.3 Å². The third-order valence-corrected chi connectivity index (χ3v) is 2.64. The topological polar surface area (TPSA) is 90.7 Å². The van der Waals surface area contributed by atoms with E-state index < -0.39 is 12.2 Å². The van der Waals surface area contributed by atoms with E-state index in [0.717, 1.165) is 5.56 Å². The van der Waals surface area contributed by atoms with Crippen LogP contribution in [-0.2, 0) is 0 Å². The van der Waals surface area contributed by atoms with Crippen LogP contribution in [0, 0.1) is 6.92 Å². The summed E-state index contributed by atoms with van der Waals surface area (Å²) in [7, 11) is 0. The smallest absolute Gasteiger partial charge is 0.406 e. The summed E-state index contributed by atoms with van der Waals surface area (Å²) in [5.41, 5.74) is 6.48. The molecule has 0 saturated carbocycles. The standard InChI is InChI=1S/C15H14N2O4/c1-10-6-2-3-7-11(10)17-15(19)21-13-9-5-4-8-12(13)20-14(16)18/h2-9H,1H3,(H2,16,18)(H,17,19). The SMILES string of the molecule is Cc1ccccc1NC(=O)Oc1ccccc1OC(N)=O. The molecule has 21 heavy (non-hydrogen) atoms. The van der Waals surface area contributed by atoms with Gasteiger partial charge in [0.1, 0.15) is 0 Å². The molecular formula is C15H14N2O4. The van der Waals surface area contributed by atoms with Gasteiger partial charge in [-0.3, -0.25) is 5.32 Å². The zero-order valence-corrected chi connectivity index (χ0v) is 11.3. The minimum atomic E-state index is -0.981. The van der Waals surface area contributed by atoms with E-state index >= 15 is 0 Å². The van der Waals surface area contributed by atoms with Crippen LogP contribution in [-0.4, -0.2) is 12.2 Å². The molecule has 0 saturated heterocycles. The first-order chi connectivity index (χ1) is 10.1. The van der Waals surface area contributed by atoms with Gasteiger partial charge in [0.05, 0.1) is 0 Å². The fourth-order valence-corrected chi connectivity index (χ4v) is 1.68. The normalized spacial score (nSPS) is 9.76. The molecule has 0 aliphatic carbocycles. The average molecular weight is 286 g/mol. The Bertz CT molecular complexity index is 670. The predicted octanol–water partition coefficient (Wildman–Crippen LogP) is 3.06. The van der Waals surface area contributed by atoms with E-state index in [1.165, 1.54) is 12.1 Å². The number of carbonyl (C=O) groups excluding carboxylic acids is 2. The van der Waals surface area contributed by atoms with E-state index in [2.05, 4.69) is 5.32 Å². The molecule has 2 aromatic carbocycles. The molecule has 6 heteroatoms. The maximum atomic E-state index is 11.9. The molecule has 0 unspecified atom stereocenters. The molecule has 0 spiro atoms. The second-order valence-corrected chi connectivity index (χ2v) is 4.20. The largest absolute Gasteiger partial charge is 0.417 e. The van der Waals surface area contributed by atoms with Crippen LogP contribution in [0.1, 0.15) is 5.56 Å². The molecule has 2 rings (SSSR count). The number of amides is 2. The Morgan fingerprint density at radius 3 is 2.14 bits per heavy atom. The number of anilines is 1. The van der Waals surface area contributed by atoms with Crippen molar-refractivity contribution in [2.45, 2.75) is 6.92 Å². The van der Waals surface area contributed by atoms with Gasteiger partial charge in [0.15, 0.2) is 11.5 Å². The zero-order chi connectivity index (χ0) is 15.2. The van der Waals surface area contributed by atoms with Gasteiger partial charge in [0, 0.05) is 5.69 Å². The highest BCUT2D eigenvalue weighted by Gasteiger charge is 2.12. The first-order valence-corrected chi connectivity index (χ1v) is 6.17. The number of nitrogens with two attached hydrogens (primary N) is 1. The quantitative estimate of drug-likeness (QED) is 0.907. The van der Waals surface area contributed by atoms with Crippen LogP contribution < -0.4 is 20.5 Å². The Hall–Kier alpha value is -3.02. The first-order valence-electron chi connectivity index (χ1n) is 6.17. The number of benzene rings is 2. The second-order valence-electron chi connectivity index (χ2n) is 4.20. The van der Waals surface area contributed by atoms with E-state index in [-0.39, 0.29) is 11.5 Å². The van der Waals surface area contributed by atoms with Crippen molar-refractivity contribution in [3.05, 3.63) is 54.1 Å². The fraction of sp³-hybridized carbons (Fsp3) is 0.0667. The number of hydrogen-bond donors (Lipinski definition) is 2. The molecule has 6 nitrogen and oxygen atoms in total. The van der Waals surface area contributed by atoms with Gasteiger partial charge in [-0.1, -0.05) is 30.3 Å². The number of carbonyl (C=O) groups is 2. The Labute approximate surface area is 121 Å². The highest BCUT2D eigenvalue weighted by atomic mass is 16.6. The molecule has 0 aliphatic heterocycles. The van der Waals surface area contributed by atoms with E-state index in [0.29, 0.717) is 5.69 Å². The highest BCUT2D eigenvalue weighted by molar-refractivity contribution is 5.87. The number of rotatable bonds is 3. The molecule has 108 valence electrons. The summed E-state index contributed by atoms with van der Waals surface area (Å²) in [4.78, 5) is 22.7. The fourth-order valence-electron chi connectivity index (χ4n) is 1.68. The van der Waals surface area contributed by atoms with Crippen molar-refractivity contribution in [1.82, 2.24) is 0 Å². The van der Waals surface area contributed by atoms with Gasteiger partial charge in [-0.05, 0) is 30.7 Å². The Morgan fingerprint density at radius 1 is 0.952 bits per heavy atom. The summed E-state index contributed by atoms with van der Waals surface area (Å²) in [6, 6.07) is 13.5. The minimum Gasteiger partial charge on any atom is -0.406 e. The number of para-hydroxylation sites is 3. The molecule has 3 N–H and O–H groups in total. The van der Waals surface area contributed by atoms with Gasteiger partial charge >= 0.3 is 12.2 Å². The van der Waals surface area contributed by atoms with Crippen molar-refractivity contribution in [3.63, 3.8) is 0 Å². The van der Waals surface area contributed by atoms with Gasteiger partial charge < -0.3 is 15.2 Å². The molecule has 0 fully saturated rings. The van der Waals surface area contributed by atoms with Crippen LogP contribution in [0.15, 0.2) is 48.5 Å². The van der Waals surface area contributed by atoms with Gasteiger partial charge in [-0.25, -0.2) is 9.59 Å². The second kappa shape index (κ2) is 6.42. The molecule has 0 atom stereocenters. The highest BCUT2D eigenvalue weighted by Crippen LogP contribution is 2.27. The van der Waals surface area contributed by atoms with Crippen LogP contribution in [0.4, 0.5) is 15.3 Å². The molecule has 0 aromatic heterocycles. The zero-order valence-electron chi connectivity index (χ0n) is 11.3. The third-order valence-electron chi connectivity index (χ3n) is 2.64. The predicted molar refractivity (Wildman–Crippen MR) is 77.5 cm³/mol. The molecule has 0 radical (unpaired) electrons. The minimum absolute atomic E-state index is 0.0740. The Morgan fingerprint density at radius 2 is 1.52 bits per heavy atom. The van der Waals surface area contributed by atoms with Crippen LogP contribution in [0.3, 0.4) is 0 Å². The number of primary amides is 1. The van der Waals surface area contributed by atoms with Crippen molar-refractivity contribution in [2.75, 3.05) is 5.32 Å². The monoisotopic (exact) mass is 286 g/mol. The lowest BCUT2D eigenvalue weighted by Gasteiger charge is -2.11. The summed E-state index contributed by atoms with van der Waals surface area (Å²) in [6.07, 6.45) is -1.67. The maximum absolute atomic E-state index is 11.9.